The van der Waals surface area contributed by atoms with Gasteiger partial charge in [0.15, 0.2) is 0 Å². The summed E-state index contributed by atoms with van der Waals surface area (Å²) >= 11 is 11.6. The number of aromatic nitrogens is 2. The van der Waals surface area contributed by atoms with Crippen molar-refractivity contribution in [3.63, 3.8) is 0 Å². The first-order chi connectivity index (χ1) is 11.4. The highest BCUT2D eigenvalue weighted by atomic mass is 35.5. The number of imidazole rings is 1. The molecule has 1 amide bonds. The van der Waals surface area contributed by atoms with E-state index in [0.717, 1.165) is 0 Å². The zero-order valence-electron chi connectivity index (χ0n) is 12.1. The molecule has 2 heterocycles. The Morgan fingerprint density at radius 2 is 2.04 bits per heavy atom. The van der Waals surface area contributed by atoms with E-state index in [1.807, 2.05) is 0 Å². The number of anilines is 1. The van der Waals surface area contributed by atoms with Crippen LogP contribution in [-0.4, -0.2) is 20.2 Å². The number of halogens is 2. The van der Waals surface area contributed by atoms with E-state index in [9.17, 15) is 14.9 Å². The molecule has 0 radical (unpaired) electrons. The third-order valence-electron chi connectivity index (χ3n) is 3.23. The van der Waals surface area contributed by atoms with E-state index < -0.39 is 4.92 Å². The van der Waals surface area contributed by atoms with Gasteiger partial charge in [-0.1, -0.05) is 23.2 Å². The lowest BCUT2D eigenvalue weighted by Crippen LogP contribution is -2.14. The molecule has 9 heteroatoms. The highest BCUT2D eigenvalue weighted by Gasteiger charge is 2.14. The minimum atomic E-state index is -0.607. The van der Waals surface area contributed by atoms with Crippen LogP contribution in [0.3, 0.4) is 0 Å². The molecule has 0 aliphatic heterocycles. The molecule has 3 rings (SSSR count). The molecule has 24 heavy (non-hydrogen) atoms. The van der Waals surface area contributed by atoms with Gasteiger partial charge in [-0.05, 0) is 24.3 Å². The number of amides is 1. The van der Waals surface area contributed by atoms with Crippen molar-refractivity contribution in [1.82, 2.24) is 9.38 Å². The molecule has 0 aliphatic carbocycles. The van der Waals surface area contributed by atoms with Crippen molar-refractivity contribution in [2.45, 2.75) is 6.42 Å². The van der Waals surface area contributed by atoms with Crippen molar-refractivity contribution in [3.8, 4) is 0 Å². The Morgan fingerprint density at radius 1 is 1.25 bits per heavy atom. The number of hydrogen-bond donors (Lipinski definition) is 1. The minimum Gasteiger partial charge on any atom is -0.325 e. The van der Waals surface area contributed by atoms with Gasteiger partial charge in [0, 0.05) is 24.1 Å². The van der Waals surface area contributed by atoms with Crippen molar-refractivity contribution >= 4 is 46.1 Å². The van der Waals surface area contributed by atoms with E-state index in [-0.39, 0.29) is 23.0 Å². The van der Waals surface area contributed by atoms with Gasteiger partial charge < -0.3 is 9.72 Å². The normalized spacial score (nSPS) is 10.8. The number of pyridine rings is 1. The van der Waals surface area contributed by atoms with Crippen LogP contribution in [-0.2, 0) is 11.2 Å². The minimum absolute atomic E-state index is 0.00947. The molecule has 0 unspecified atom stereocenters. The Kier molecular flexibility index (Phi) is 4.37. The maximum Gasteiger partial charge on any atom is 0.289 e. The number of rotatable bonds is 4. The monoisotopic (exact) mass is 364 g/mol. The number of carbonyl (C=O) groups excluding carboxylic acids is 1. The second-order valence-corrected chi connectivity index (χ2v) is 5.84. The summed E-state index contributed by atoms with van der Waals surface area (Å²) in [6.45, 7) is 0. The van der Waals surface area contributed by atoms with Gasteiger partial charge in [-0.15, -0.1) is 0 Å². The molecule has 1 aromatic carbocycles. The number of carbonyl (C=O) groups is 1. The zero-order valence-corrected chi connectivity index (χ0v) is 13.6. The van der Waals surface area contributed by atoms with Gasteiger partial charge in [0.25, 0.3) is 5.69 Å². The quantitative estimate of drug-likeness (QED) is 0.564. The zero-order chi connectivity index (χ0) is 17.3. The molecule has 0 saturated heterocycles. The maximum atomic E-state index is 12.1. The highest BCUT2D eigenvalue weighted by Crippen LogP contribution is 2.27. The fourth-order valence-electron chi connectivity index (χ4n) is 2.20. The predicted octanol–water partition coefficient (Wildman–Crippen LogP) is 3.73. The van der Waals surface area contributed by atoms with Crippen LogP contribution in [0.15, 0.2) is 42.7 Å². The molecule has 0 atom stereocenters. The van der Waals surface area contributed by atoms with Crippen LogP contribution < -0.4 is 5.32 Å². The van der Waals surface area contributed by atoms with E-state index in [0.29, 0.717) is 22.1 Å². The van der Waals surface area contributed by atoms with Gasteiger partial charge in [-0.2, -0.15) is 0 Å². The van der Waals surface area contributed by atoms with Gasteiger partial charge in [0.05, 0.1) is 22.1 Å². The van der Waals surface area contributed by atoms with Crippen molar-refractivity contribution in [3.05, 3.63) is 68.6 Å². The number of benzene rings is 1. The molecule has 0 spiro atoms. The average molecular weight is 365 g/mol. The first-order valence-electron chi connectivity index (χ1n) is 6.79. The molecule has 0 aliphatic rings. The van der Waals surface area contributed by atoms with E-state index in [1.165, 1.54) is 18.2 Å². The first kappa shape index (κ1) is 16.2. The van der Waals surface area contributed by atoms with Gasteiger partial charge in [-0.25, -0.2) is 4.98 Å². The lowest BCUT2D eigenvalue weighted by atomic mass is 10.2. The third-order valence-corrected chi connectivity index (χ3v) is 3.78. The predicted molar refractivity (Wildman–Crippen MR) is 90.6 cm³/mol. The van der Waals surface area contributed by atoms with Crippen LogP contribution in [0.4, 0.5) is 11.4 Å². The molecule has 0 fully saturated rings. The van der Waals surface area contributed by atoms with E-state index >= 15 is 0 Å². The van der Waals surface area contributed by atoms with Gasteiger partial charge in [0.1, 0.15) is 10.7 Å². The highest BCUT2D eigenvalue weighted by molar-refractivity contribution is 6.32. The Hall–Kier alpha value is -2.64. The molecule has 3 aromatic rings. The van der Waals surface area contributed by atoms with Crippen LogP contribution in [0.2, 0.25) is 10.0 Å². The summed E-state index contributed by atoms with van der Waals surface area (Å²) < 4.78 is 1.72. The number of hydrogen-bond acceptors (Lipinski definition) is 4. The van der Waals surface area contributed by atoms with Crippen LogP contribution in [0.1, 0.15) is 5.69 Å². The Labute approximate surface area is 146 Å². The van der Waals surface area contributed by atoms with Crippen molar-refractivity contribution in [2.75, 3.05) is 5.32 Å². The number of nitro benzene ring substituents is 1. The molecule has 2 aromatic heterocycles. The Balaban J connectivity index is 1.75. The molecule has 122 valence electrons. The first-order valence-corrected chi connectivity index (χ1v) is 7.55. The Bertz CT molecular complexity index is 955. The van der Waals surface area contributed by atoms with Crippen LogP contribution in [0.25, 0.3) is 5.65 Å². The van der Waals surface area contributed by atoms with Crippen LogP contribution in [0, 0.1) is 10.1 Å². The molecule has 0 bridgehead atoms. The van der Waals surface area contributed by atoms with Crippen LogP contribution >= 0.6 is 23.2 Å². The van der Waals surface area contributed by atoms with E-state index in [4.69, 9.17) is 23.2 Å². The molecule has 7 nitrogen and oxygen atoms in total. The summed E-state index contributed by atoms with van der Waals surface area (Å²) in [6.07, 6.45) is 3.41. The molecular formula is C15H10Cl2N4O3. The third kappa shape index (κ3) is 3.47. The topological polar surface area (TPSA) is 89.5 Å². The van der Waals surface area contributed by atoms with Crippen LogP contribution in [0.5, 0.6) is 0 Å². The molecule has 1 N–H and O–H groups in total. The van der Waals surface area contributed by atoms with Crippen molar-refractivity contribution in [2.24, 2.45) is 0 Å². The summed E-state index contributed by atoms with van der Waals surface area (Å²) in [4.78, 5) is 26.7. The fourth-order valence-corrected chi connectivity index (χ4v) is 2.56. The second-order valence-electron chi connectivity index (χ2n) is 4.99. The van der Waals surface area contributed by atoms with E-state index in [2.05, 4.69) is 10.3 Å². The SMILES string of the molecule is O=C(Cc1cn2cc(Cl)ccc2n1)Nc1ccc(Cl)c([N+](=O)[O-])c1. The van der Waals surface area contributed by atoms with Crippen molar-refractivity contribution < 1.29 is 9.72 Å². The lowest BCUT2D eigenvalue weighted by Gasteiger charge is -2.04. The largest absolute Gasteiger partial charge is 0.325 e. The smallest absolute Gasteiger partial charge is 0.289 e. The van der Waals surface area contributed by atoms with Crippen molar-refractivity contribution in [1.29, 1.82) is 0 Å². The molecular weight excluding hydrogens is 355 g/mol. The van der Waals surface area contributed by atoms with Gasteiger partial charge >= 0.3 is 0 Å². The number of nitrogens with zero attached hydrogens (tertiary/aromatic N) is 3. The second kappa shape index (κ2) is 6.46. The Morgan fingerprint density at radius 3 is 2.79 bits per heavy atom. The average Bonchev–Trinajstić information content (AvgIpc) is 2.90. The summed E-state index contributed by atoms with van der Waals surface area (Å²) in [5.41, 5.74) is 1.25. The lowest BCUT2D eigenvalue weighted by molar-refractivity contribution is -0.384. The summed E-state index contributed by atoms with van der Waals surface area (Å²) in [5, 5.41) is 14.0. The standard InChI is InChI=1S/C15H10Cl2N4O3/c16-9-1-4-14-18-11(8-20(14)7-9)6-15(22)19-10-2-3-12(17)13(5-10)21(23)24/h1-5,7-8H,6H2,(H,19,22). The summed E-state index contributed by atoms with van der Waals surface area (Å²) in [5.74, 6) is -0.346. The number of fused-ring (bicyclic) bond motifs is 1. The fraction of sp³-hybridized carbons (Fsp3) is 0.0667. The maximum absolute atomic E-state index is 12.1. The van der Waals surface area contributed by atoms with E-state index in [1.54, 1.807) is 28.9 Å². The summed E-state index contributed by atoms with van der Waals surface area (Å²) in [6, 6.07) is 7.52. The van der Waals surface area contributed by atoms with Gasteiger partial charge in [-0.3, -0.25) is 14.9 Å². The summed E-state index contributed by atoms with van der Waals surface area (Å²) in [7, 11) is 0. The molecule has 0 saturated carbocycles. The number of nitro groups is 1. The van der Waals surface area contributed by atoms with Gasteiger partial charge in [0.2, 0.25) is 5.91 Å². The number of nitrogens with one attached hydrogen (secondary N) is 1.